The lowest BCUT2D eigenvalue weighted by Gasteiger charge is -2.22. The fourth-order valence-electron chi connectivity index (χ4n) is 2.61. The van der Waals surface area contributed by atoms with Crippen LogP contribution in [0.4, 0.5) is 0 Å². The molecule has 19 heavy (non-hydrogen) atoms. The molecule has 1 atom stereocenters. The van der Waals surface area contributed by atoms with Crippen LogP contribution in [0.5, 0.6) is 0 Å². The van der Waals surface area contributed by atoms with Crippen molar-refractivity contribution in [3.8, 4) is 0 Å². The van der Waals surface area contributed by atoms with Crippen LogP contribution < -0.4 is 5.56 Å². The highest BCUT2D eigenvalue weighted by molar-refractivity contribution is 5.72. The number of fused-ring (bicyclic) bond motifs is 1. The van der Waals surface area contributed by atoms with Crippen molar-refractivity contribution in [2.45, 2.75) is 32.9 Å². The van der Waals surface area contributed by atoms with Gasteiger partial charge in [-0.2, -0.15) is 5.10 Å². The lowest BCUT2D eigenvalue weighted by atomic mass is 10.0. The molecule has 0 aliphatic carbocycles. The van der Waals surface area contributed by atoms with Crippen molar-refractivity contribution in [2.24, 2.45) is 5.92 Å². The Bertz CT molecular complexity index is 625. The number of nitrogens with zero attached hydrogens (tertiary/aromatic N) is 4. The normalized spacial score (nSPS) is 19.9. The molecule has 0 N–H and O–H groups in total. The minimum Gasteiger partial charge on any atom is -0.381 e. The summed E-state index contributed by atoms with van der Waals surface area (Å²) in [6.07, 6.45) is 5.45. The Morgan fingerprint density at radius 3 is 3.16 bits per heavy atom. The SMILES string of the molecule is CCn1ncc2ncn(CC3CCCOC3)c(=O)c21. The zero-order chi connectivity index (χ0) is 13.2. The minimum absolute atomic E-state index is 0.00470. The molecular weight excluding hydrogens is 244 g/mol. The molecule has 2 aromatic heterocycles. The zero-order valence-electron chi connectivity index (χ0n) is 11.1. The van der Waals surface area contributed by atoms with E-state index in [9.17, 15) is 4.79 Å². The van der Waals surface area contributed by atoms with Crippen molar-refractivity contribution in [1.82, 2.24) is 19.3 Å². The first kappa shape index (κ1) is 12.3. The molecule has 6 nitrogen and oxygen atoms in total. The summed E-state index contributed by atoms with van der Waals surface area (Å²) in [4.78, 5) is 16.8. The van der Waals surface area contributed by atoms with Crippen LogP contribution in [0.15, 0.2) is 17.3 Å². The van der Waals surface area contributed by atoms with E-state index in [4.69, 9.17) is 4.74 Å². The summed E-state index contributed by atoms with van der Waals surface area (Å²) in [6, 6.07) is 0. The maximum Gasteiger partial charge on any atom is 0.279 e. The van der Waals surface area contributed by atoms with E-state index >= 15 is 0 Å². The minimum atomic E-state index is -0.00470. The Labute approximate surface area is 111 Å². The molecule has 0 spiro atoms. The van der Waals surface area contributed by atoms with E-state index < -0.39 is 0 Å². The number of hydrogen-bond acceptors (Lipinski definition) is 4. The third-order valence-corrected chi connectivity index (χ3v) is 3.63. The van der Waals surface area contributed by atoms with Crippen LogP contribution >= 0.6 is 0 Å². The summed E-state index contributed by atoms with van der Waals surface area (Å²) in [5.41, 5.74) is 1.26. The Kier molecular flexibility index (Phi) is 3.33. The maximum atomic E-state index is 12.5. The lowest BCUT2D eigenvalue weighted by Crippen LogP contribution is -2.29. The second kappa shape index (κ2) is 5.13. The van der Waals surface area contributed by atoms with Gasteiger partial charge in [-0.25, -0.2) is 4.98 Å². The van der Waals surface area contributed by atoms with Crippen LogP contribution in [0.3, 0.4) is 0 Å². The second-order valence-electron chi connectivity index (χ2n) is 4.98. The third kappa shape index (κ3) is 2.28. The van der Waals surface area contributed by atoms with Gasteiger partial charge in [-0.15, -0.1) is 0 Å². The Balaban J connectivity index is 1.95. The van der Waals surface area contributed by atoms with Crippen molar-refractivity contribution in [3.63, 3.8) is 0 Å². The zero-order valence-corrected chi connectivity index (χ0v) is 11.1. The molecule has 0 amide bonds. The van der Waals surface area contributed by atoms with Crippen molar-refractivity contribution in [2.75, 3.05) is 13.2 Å². The van der Waals surface area contributed by atoms with E-state index in [1.807, 2.05) is 6.92 Å². The molecule has 3 rings (SSSR count). The van der Waals surface area contributed by atoms with E-state index in [0.29, 0.717) is 30.0 Å². The highest BCUT2D eigenvalue weighted by atomic mass is 16.5. The summed E-state index contributed by atoms with van der Waals surface area (Å²) >= 11 is 0. The predicted octanol–water partition coefficient (Wildman–Crippen LogP) is 1.04. The van der Waals surface area contributed by atoms with Crippen LogP contribution in [-0.2, 0) is 17.8 Å². The van der Waals surface area contributed by atoms with Crippen molar-refractivity contribution in [1.29, 1.82) is 0 Å². The van der Waals surface area contributed by atoms with Gasteiger partial charge in [0.15, 0.2) is 5.52 Å². The molecule has 0 radical (unpaired) electrons. The molecule has 1 aliphatic heterocycles. The predicted molar refractivity (Wildman–Crippen MR) is 71.0 cm³/mol. The second-order valence-corrected chi connectivity index (χ2v) is 4.98. The number of aromatic nitrogens is 4. The summed E-state index contributed by atoms with van der Waals surface area (Å²) in [7, 11) is 0. The molecule has 1 aliphatic rings. The average Bonchev–Trinajstić information content (AvgIpc) is 2.87. The quantitative estimate of drug-likeness (QED) is 0.829. The standard InChI is InChI=1S/C13H18N4O2/c1-2-17-12-11(6-15-17)14-9-16(13(12)18)7-10-4-3-5-19-8-10/h6,9-10H,2-5,7-8H2,1H3. The van der Waals surface area contributed by atoms with Crippen LogP contribution in [0.25, 0.3) is 11.0 Å². The molecule has 1 fully saturated rings. The van der Waals surface area contributed by atoms with Gasteiger partial charge in [-0.3, -0.25) is 14.0 Å². The molecule has 0 aromatic carbocycles. The van der Waals surface area contributed by atoms with Crippen molar-refractivity contribution in [3.05, 3.63) is 22.9 Å². The van der Waals surface area contributed by atoms with Gasteiger partial charge in [-0.1, -0.05) is 0 Å². The molecule has 6 heteroatoms. The molecule has 102 valence electrons. The molecule has 1 unspecified atom stereocenters. The fourth-order valence-corrected chi connectivity index (χ4v) is 2.61. The molecule has 1 saturated heterocycles. The van der Waals surface area contributed by atoms with Crippen LogP contribution in [0.2, 0.25) is 0 Å². The van der Waals surface area contributed by atoms with E-state index in [1.54, 1.807) is 21.8 Å². The van der Waals surface area contributed by atoms with Crippen molar-refractivity contribution >= 4 is 11.0 Å². The van der Waals surface area contributed by atoms with Gasteiger partial charge in [0.05, 0.1) is 19.1 Å². The first-order chi connectivity index (χ1) is 9.29. The maximum absolute atomic E-state index is 12.5. The van der Waals surface area contributed by atoms with Gasteiger partial charge < -0.3 is 4.74 Å². The first-order valence-electron chi connectivity index (χ1n) is 6.78. The number of hydrogen-bond donors (Lipinski definition) is 0. The van der Waals surface area contributed by atoms with E-state index in [1.165, 1.54) is 0 Å². The monoisotopic (exact) mass is 262 g/mol. The van der Waals surface area contributed by atoms with E-state index in [-0.39, 0.29) is 5.56 Å². The molecule has 0 bridgehead atoms. The van der Waals surface area contributed by atoms with Gasteiger partial charge in [0.1, 0.15) is 5.52 Å². The van der Waals surface area contributed by atoms with Crippen LogP contribution in [-0.4, -0.2) is 32.5 Å². The van der Waals surface area contributed by atoms with Gasteiger partial charge in [0.2, 0.25) is 0 Å². The number of aryl methyl sites for hydroxylation is 1. The fraction of sp³-hybridized carbons (Fsp3) is 0.615. The van der Waals surface area contributed by atoms with Gasteiger partial charge in [0.25, 0.3) is 5.56 Å². The highest BCUT2D eigenvalue weighted by Gasteiger charge is 2.17. The Morgan fingerprint density at radius 2 is 2.42 bits per heavy atom. The number of ether oxygens (including phenoxy) is 1. The van der Waals surface area contributed by atoms with Gasteiger partial charge in [-0.05, 0) is 19.8 Å². The summed E-state index contributed by atoms with van der Waals surface area (Å²) in [5.74, 6) is 0.406. The summed E-state index contributed by atoms with van der Waals surface area (Å²) in [6.45, 7) is 4.90. The Hall–Kier alpha value is -1.69. The van der Waals surface area contributed by atoms with Crippen LogP contribution in [0.1, 0.15) is 19.8 Å². The number of rotatable bonds is 3. The lowest BCUT2D eigenvalue weighted by molar-refractivity contribution is 0.0479. The topological polar surface area (TPSA) is 61.9 Å². The Morgan fingerprint density at radius 1 is 1.53 bits per heavy atom. The molecule has 2 aromatic rings. The first-order valence-corrected chi connectivity index (χ1v) is 6.78. The highest BCUT2D eigenvalue weighted by Crippen LogP contribution is 2.15. The van der Waals surface area contributed by atoms with E-state index in [0.717, 1.165) is 26.1 Å². The largest absolute Gasteiger partial charge is 0.381 e. The smallest absolute Gasteiger partial charge is 0.279 e. The third-order valence-electron chi connectivity index (χ3n) is 3.63. The van der Waals surface area contributed by atoms with Crippen molar-refractivity contribution < 1.29 is 4.74 Å². The van der Waals surface area contributed by atoms with E-state index in [2.05, 4.69) is 10.1 Å². The average molecular weight is 262 g/mol. The molecular formula is C13H18N4O2. The molecule has 3 heterocycles. The summed E-state index contributed by atoms with van der Waals surface area (Å²) in [5, 5.41) is 4.18. The van der Waals surface area contributed by atoms with Gasteiger partial charge >= 0.3 is 0 Å². The summed E-state index contributed by atoms with van der Waals surface area (Å²) < 4.78 is 8.86. The molecule has 0 saturated carbocycles. The van der Waals surface area contributed by atoms with Gasteiger partial charge in [0, 0.05) is 25.6 Å². The van der Waals surface area contributed by atoms with Crippen LogP contribution in [0, 0.1) is 5.92 Å².